The quantitative estimate of drug-likeness (QED) is 0.879. The summed E-state index contributed by atoms with van der Waals surface area (Å²) in [6.45, 7) is 8.25. The second-order valence-electron chi connectivity index (χ2n) is 7.16. The average molecular weight is 347 g/mol. The Morgan fingerprint density at radius 3 is 2.62 bits per heavy atom. The van der Waals surface area contributed by atoms with Gasteiger partial charge in [-0.3, -0.25) is 14.6 Å². The van der Waals surface area contributed by atoms with Gasteiger partial charge in [-0.25, -0.2) is 0 Å². The minimum Gasteiger partial charge on any atom is -0.365 e. The first-order chi connectivity index (χ1) is 11.1. The number of allylic oxidation sites excluding steroid dienone is 1. The molecular weight excluding hydrogens is 326 g/mol. The maximum atomic E-state index is 12.4. The smallest absolute Gasteiger partial charge is 0.254 e. The number of rotatable bonds is 3. The molecule has 0 bridgehead atoms. The summed E-state index contributed by atoms with van der Waals surface area (Å²) >= 11 is 1.36. The molecule has 0 atom stereocenters. The van der Waals surface area contributed by atoms with Gasteiger partial charge in [-0.05, 0) is 39.3 Å². The molecule has 2 amide bonds. The fraction of sp³-hybridized carbons (Fsp3) is 0.471. The summed E-state index contributed by atoms with van der Waals surface area (Å²) in [4.78, 5) is 29.4. The highest BCUT2D eigenvalue weighted by molar-refractivity contribution is 7.17. The van der Waals surface area contributed by atoms with Crippen molar-refractivity contribution in [1.29, 1.82) is 0 Å². The lowest BCUT2D eigenvalue weighted by Crippen LogP contribution is -2.42. The molecule has 2 aliphatic rings. The number of carbonyl (C=O) groups is 2. The third-order valence-corrected chi connectivity index (χ3v) is 5.55. The Kier molecular flexibility index (Phi) is 3.88. The van der Waals surface area contributed by atoms with Crippen molar-refractivity contribution in [3.8, 4) is 0 Å². The first kappa shape index (κ1) is 16.9. The number of nitrogens with one attached hydrogen (secondary N) is 1. The van der Waals surface area contributed by atoms with E-state index in [-0.39, 0.29) is 5.91 Å². The number of nitrogens with two attached hydrogens (primary N) is 1. The zero-order valence-electron chi connectivity index (χ0n) is 14.2. The number of hydrogen-bond acceptors (Lipinski definition) is 5. The fourth-order valence-corrected chi connectivity index (χ4v) is 4.60. The van der Waals surface area contributed by atoms with Gasteiger partial charge in [0.2, 0.25) is 0 Å². The van der Waals surface area contributed by atoms with Crippen LogP contribution in [0.3, 0.4) is 0 Å². The number of ether oxygens (including phenoxy) is 1. The van der Waals surface area contributed by atoms with Crippen LogP contribution in [0.5, 0.6) is 0 Å². The Labute approximate surface area is 144 Å². The Morgan fingerprint density at radius 1 is 1.33 bits per heavy atom. The van der Waals surface area contributed by atoms with Gasteiger partial charge in [-0.1, -0.05) is 0 Å². The number of anilines is 1. The second-order valence-corrected chi connectivity index (χ2v) is 8.18. The Bertz CT molecular complexity index is 787. The third kappa shape index (κ3) is 2.89. The van der Waals surface area contributed by atoms with E-state index in [0.717, 1.165) is 10.4 Å². The standard InChI is InChI=1S/C17H21N3O3S/c1-16(2)7-10-11(13(18)21)15(24-12(10)17(3,4)23-16)20-14(22)9-5-6-19-8-9/h5-6H,7-8H2,1-4H3,(H2,18,21)(H,20,22). The topological polar surface area (TPSA) is 93.8 Å². The molecule has 0 unspecified atom stereocenters. The molecule has 6 nitrogen and oxygen atoms in total. The van der Waals surface area contributed by atoms with Crippen molar-refractivity contribution >= 4 is 34.4 Å². The number of amides is 2. The molecule has 0 aliphatic carbocycles. The van der Waals surface area contributed by atoms with Crippen LogP contribution in [0.2, 0.25) is 0 Å². The van der Waals surface area contributed by atoms with Gasteiger partial charge in [0.05, 0.1) is 23.3 Å². The molecule has 0 radical (unpaired) electrons. The van der Waals surface area contributed by atoms with Crippen LogP contribution in [0, 0.1) is 0 Å². The average Bonchev–Trinajstić information content (AvgIpc) is 3.03. The molecule has 0 fully saturated rings. The van der Waals surface area contributed by atoms with Crippen LogP contribution >= 0.6 is 11.3 Å². The lowest BCUT2D eigenvalue weighted by molar-refractivity contribution is -0.135. The van der Waals surface area contributed by atoms with Crippen LogP contribution in [-0.2, 0) is 21.6 Å². The summed E-state index contributed by atoms with van der Waals surface area (Å²) in [5, 5.41) is 3.32. The van der Waals surface area contributed by atoms with Crippen LogP contribution in [0.25, 0.3) is 0 Å². The number of nitrogens with zero attached hydrogens (tertiary/aromatic N) is 1. The molecule has 0 spiro atoms. The van der Waals surface area contributed by atoms with E-state index in [4.69, 9.17) is 10.5 Å². The van der Waals surface area contributed by atoms with E-state index in [9.17, 15) is 9.59 Å². The van der Waals surface area contributed by atoms with Crippen LogP contribution < -0.4 is 11.1 Å². The van der Waals surface area contributed by atoms with Crippen LogP contribution in [0.15, 0.2) is 16.6 Å². The molecule has 3 N–H and O–H groups in total. The molecule has 0 aromatic carbocycles. The van der Waals surface area contributed by atoms with Gasteiger partial charge in [-0.15, -0.1) is 11.3 Å². The predicted molar refractivity (Wildman–Crippen MR) is 94.8 cm³/mol. The van der Waals surface area contributed by atoms with Crippen molar-refractivity contribution < 1.29 is 14.3 Å². The molecule has 2 aliphatic heterocycles. The Hall–Kier alpha value is -1.99. The van der Waals surface area contributed by atoms with Gasteiger partial charge in [-0.2, -0.15) is 0 Å². The molecule has 3 heterocycles. The van der Waals surface area contributed by atoms with E-state index >= 15 is 0 Å². The minimum absolute atomic E-state index is 0.258. The van der Waals surface area contributed by atoms with Gasteiger partial charge >= 0.3 is 0 Å². The highest BCUT2D eigenvalue weighted by Gasteiger charge is 2.42. The van der Waals surface area contributed by atoms with Crippen molar-refractivity contribution in [2.24, 2.45) is 10.7 Å². The number of primary amides is 1. The lowest BCUT2D eigenvalue weighted by atomic mass is 9.86. The van der Waals surface area contributed by atoms with Crippen molar-refractivity contribution in [3.05, 3.63) is 27.7 Å². The van der Waals surface area contributed by atoms with Crippen molar-refractivity contribution in [1.82, 2.24) is 0 Å². The zero-order chi connectivity index (χ0) is 17.7. The first-order valence-electron chi connectivity index (χ1n) is 7.77. The van der Waals surface area contributed by atoms with Crippen molar-refractivity contribution in [2.45, 2.75) is 45.3 Å². The molecule has 1 aromatic rings. The van der Waals surface area contributed by atoms with E-state index in [0.29, 0.717) is 29.1 Å². The largest absolute Gasteiger partial charge is 0.365 e. The highest BCUT2D eigenvalue weighted by Crippen LogP contribution is 2.48. The maximum Gasteiger partial charge on any atom is 0.254 e. The third-order valence-electron chi connectivity index (χ3n) is 4.10. The SMILES string of the molecule is CC1(C)Cc2c(sc(NC(=O)C3=CC=NC3)c2C(N)=O)C(C)(C)O1. The van der Waals surface area contributed by atoms with E-state index in [1.807, 2.05) is 27.7 Å². The van der Waals surface area contributed by atoms with Crippen molar-refractivity contribution in [3.63, 3.8) is 0 Å². The second kappa shape index (κ2) is 5.53. The van der Waals surface area contributed by atoms with E-state index in [1.54, 1.807) is 12.3 Å². The van der Waals surface area contributed by atoms with Gasteiger partial charge < -0.3 is 15.8 Å². The van der Waals surface area contributed by atoms with Gasteiger partial charge in [0.15, 0.2) is 0 Å². The number of carbonyl (C=O) groups excluding carboxylic acids is 2. The number of hydrogen-bond donors (Lipinski definition) is 2. The number of aliphatic imine (C=N–C) groups is 1. The molecule has 24 heavy (non-hydrogen) atoms. The molecule has 3 rings (SSSR count). The molecule has 7 heteroatoms. The highest BCUT2D eigenvalue weighted by atomic mass is 32.1. The lowest BCUT2D eigenvalue weighted by Gasteiger charge is -2.41. The maximum absolute atomic E-state index is 12.4. The fourth-order valence-electron chi connectivity index (χ4n) is 3.35. The molecule has 0 saturated carbocycles. The summed E-state index contributed by atoms with van der Waals surface area (Å²) in [7, 11) is 0. The summed E-state index contributed by atoms with van der Waals surface area (Å²) < 4.78 is 6.15. The van der Waals surface area contributed by atoms with Crippen molar-refractivity contribution in [2.75, 3.05) is 11.9 Å². The van der Waals surface area contributed by atoms with Gasteiger partial charge in [0.1, 0.15) is 5.00 Å². The minimum atomic E-state index is -0.551. The summed E-state index contributed by atoms with van der Waals surface area (Å²) in [5.74, 6) is -0.792. The molecular formula is C17H21N3O3S. The normalized spacial score (nSPS) is 20.4. The molecule has 128 valence electrons. The summed E-state index contributed by atoms with van der Waals surface area (Å²) in [6.07, 6.45) is 3.84. The van der Waals surface area contributed by atoms with Gasteiger partial charge in [0.25, 0.3) is 11.8 Å². The van der Waals surface area contributed by atoms with Crippen LogP contribution in [0.4, 0.5) is 5.00 Å². The van der Waals surface area contributed by atoms with E-state index in [2.05, 4.69) is 10.3 Å². The summed E-state index contributed by atoms with van der Waals surface area (Å²) in [6, 6.07) is 0. The molecule has 1 aromatic heterocycles. The predicted octanol–water partition coefficient (Wildman–Crippen LogP) is 2.38. The number of thiophene rings is 1. The van der Waals surface area contributed by atoms with E-state index in [1.165, 1.54) is 11.3 Å². The Morgan fingerprint density at radius 2 is 2.04 bits per heavy atom. The monoisotopic (exact) mass is 347 g/mol. The van der Waals surface area contributed by atoms with Crippen LogP contribution in [-0.4, -0.2) is 30.2 Å². The Balaban J connectivity index is 2.04. The first-order valence-corrected chi connectivity index (χ1v) is 8.59. The number of fused-ring (bicyclic) bond motifs is 1. The summed E-state index contributed by atoms with van der Waals surface area (Å²) in [5.41, 5.74) is 6.50. The van der Waals surface area contributed by atoms with Crippen LogP contribution in [0.1, 0.15) is 48.5 Å². The molecule has 0 saturated heterocycles. The van der Waals surface area contributed by atoms with Gasteiger partial charge in [0, 0.05) is 23.1 Å². The van der Waals surface area contributed by atoms with E-state index < -0.39 is 17.1 Å². The zero-order valence-corrected chi connectivity index (χ0v) is 15.0.